The predicted octanol–water partition coefficient (Wildman–Crippen LogP) is 4.65. The summed E-state index contributed by atoms with van der Waals surface area (Å²) < 4.78 is 15.3. The molecule has 5 rings (SSSR count). The molecule has 0 unspecified atom stereocenters. The number of rotatable bonds is 5. The second-order valence-corrected chi connectivity index (χ2v) is 8.20. The number of benzene rings is 2. The van der Waals surface area contributed by atoms with Crippen molar-refractivity contribution in [3.63, 3.8) is 0 Å². The molecule has 0 amide bonds. The van der Waals surface area contributed by atoms with Crippen LogP contribution in [0, 0.1) is 5.82 Å². The maximum atomic E-state index is 13.5. The van der Waals surface area contributed by atoms with Crippen molar-refractivity contribution in [1.82, 2.24) is 29.7 Å². The minimum atomic E-state index is -0.335. The molecule has 0 atom stereocenters. The minimum absolute atomic E-state index is 0.236. The Hall–Kier alpha value is -3.56. The number of nitrogens with one attached hydrogen (secondary N) is 1. The van der Waals surface area contributed by atoms with Gasteiger partial charge in [-0.25, -0.2) is 9.37 Å². The van der Waals surface area contributed by atoms with Crippen LogP contribution in [0.2, 0.25) is 5.02 Å². The van der Waals surface area contributed by atoms with Crippen LogP contribution in [-0.2, 0) is 5.75 Å². The van der Waals surface area contributed by atoms with E-state index in [4.69, 9.17) is 11.6 Å². The first-order chi connectivity index (χ1) is 15.6. The highest BCUT2D eigenvalue weighted by molar-refractivity contribution is 7.98. The largest absolute Gasteiger partial charge is 0.309 e. The van der Waals surface area contributed by atoms with E-state index in [1.165, 1.54) is 23.9 Å². The van der Waals surface area contributed by atoms with Gasteiger partial charge in [-0.2, -0.15) is 0 Å². The molecule has 2 aromatic carbocycles. The summed E-state index contributed by atoms with van der Waals surface area (Å²) >= 11 is 7.40. The summed E-state index contributed by atoms with van der Waals surface area (Å²) in [6.45, 7) is 0. The Balaban J connectivity index is 1.53. The van der Waals surface area contributed by atoms with E-state index in [0.717, 1.165) is 5.56 Å². The molecule has 0 aliphatic carbocycles. The van der Waals surface area contributed by atoms with Crippen LogP contribution in [0.25, 0.3) is 28.0 Å². The maximum absolute atomic E-state index is 13.5. The smallest absolute Gasteiger partial charge is 0.258 e. The van der Waals surface area contributed by atoms with Crippen molar-refractivity contribution in [1.29, 1.82) is 0 Å². The zero-order valence-electron chi connectivity index (χ0n) is 16.4. The van der Waals surface area contributed by atoms with Crippen molar-refractivity contribution in [2.75, 3.05) is 0 Å². The summed E-state index contributed by atoms with van der Waals surface area (Å²) in [6, 6.07) is 14.7. The van der Waals surface area contributed by atoms with Gasteiger partial charge in [-0.15, -0.1) is 10.2 Å². The number of pyridine rings is 1. The fraction of sp³-hybridized carbons (Fsp3) is 0.0455. The Morgan fingerprint density at radius 3 is 2.59 bits per heavy atom. The molecule has 32 heavy (non-hydrogen) atoms. The van der Waals surface area contributed by atoms with Crippen LogP contribution in [0.1, 0.15) is 5.82 Å². The van der Waals surface area contributed by atoms with Gasteiger partial charge >= 0.3 is 0 Å². The topological polar surface area (TPSA) is 89.4 Å². The van der Waals surface area contributed by atoms with Crippen LogP contribution in [0.5, 0.6) is 0 Å². The standard InChI is InChI=1S/C22H14ClFN6OS/c23-14-1-6-17-18(11-14)26-19(27-21(17)31)12-32-22-29-28-20(13-7-9-25-10-8-13)30(22)16-4-2-15(24)3-5-16/h1-11H,12H2,(H,26,27,31). The Morgan fingerprint density at radius 2 is 1.81 bits per heavy atom. The zero-order valence-corrected chi connectivity index (χ0v) is 17.9. The molecule has 0 aliphatic rings. The van der Waals surface area contributed by atoms with Crippen LogP contribution in [-0.4, -0.2) is 29.7 Å². The maximum Gasteiger partial charge on any atom is 0.258 e. The monoisotopic (exact) mass is 464 g/mol. The lowest BCUT2D eigenvalue weighted by atomic mass is 10.2. The quantitative estimate of drug-likeness (QED) is 0.381. The second-order valence-electron chi connectivity index (χ2n) is 6.82. The fourth-order valence-corrected chi connectivity index (χ4v) is 4.23. The molecule has 0 aliphatic heterocycles. The summed E-state index contributed by atoms with van der Waals surface area (Å²) in [5.41, 5.74) is 1.81. The van der Waals surface area contributed by atoms with Gasteiger partial charge in [-0.05, 0) is 54.6 Å². The van der Waals surface area contributed by atoms with Gasteiger partial charge in [0.15, 0.2) is 11.0 Å². The Labute approximate surface area is 190 Å². The SMILES string of the molecule is O=c1[nH]c(CSc2nnc(-c3ccncc3)n2-c2ccc(F)cc2)nc2cc(Cl)ccc12. The summed E-state index contributed by atoms with van der Waals surface area (Å²) in [7, 11) is 0. The molecule has 5 aromatic rings. The molecule has 3 aromatic heterocycles. The van der Waals surface area contributed by atoms with Crippen molar-refractivity contribution < 1.29 is 4.39 Å². The van der Waals surface area contributed by atoms with Crippen molar-refractivity contribution in [3.05, 3.63) is 94.0 Å². The Kier molecular flexibility index (Phi) is 5.42. The number of aromatic nitrogens is 6. The third-order valence-electron chi connectivity index (χ3n) is 4.71. The molecule has 0 saturated heterocycles. The van der Waals surface area contributed by atoms with E-state index in [-0.39, 0.29) is 11.4 Å². The van der Waals surface area contributed by atoms with Gasteiger partial charge in [0.05, 0.1) is 16.7 Å². The van der Waals surface area contributed by atoms with Crippen LogP contribution in [0.15, 0.2) is 76.9 Å². The summed E-state index contributed by atoms with van der Waals surface area (Å²) in [6.07, 6.45) is 3.33. The Bertz CT molecular complexity index is 1470. The lowest BCUT2D eigenvalue weighted by Crippen LogP contribution is -2.11. The molecule has 7 nitrogen and oxygen atoms in total. The van der Waals surface area contributed by atoms with Crippen LogP contribution >= 0.6 is 23.4 Å². The molecule has 0 spiro atoms. The lowest BCUT2D eigenvalue weighted by molar-refractivity contribution is 0.627. The summed E-state index contributed by atoms with van der Waals surface area (Å²) in [5.74, 6) is 1.08. The van der Waals surface area contributed by atoms with E-state index in [1.807, 2.05) is 16.7 Å². The van der Waals surface area contributed by atoms with E-state index in [1.54, 1.807) is 42.7 Å². The van der Waals surface area contributed by atoms with Gasteiger partial charge in [-0.1, -0.05) is 23.4 Å². The summed E-state index contributed by atoms with van der Waals surface area (Å²) in [4.78, 5) is 23.8. The fourth-order valence-electron chi connectivity index (χ4n) is 3.24. The highest BCUT2D eigenvalue weighted by Crippen LogP contribution is 2.29. The summed E-state index contributed by atoms with van der Waals surface area (Å²) in [5, 5.41) is 10.2. The van der Waals surface area contributed by atoms with E-state index >= 15 is 0 Å². The Morgan fingerprint density at radius 1 is 1.03 bits per heavy atom. The van der Waals surface area contributed by atoms with Crippen molar-refractivity contribution in [2.45, 2.75) is 10.9 Å². The number of aromatic amines is 1. The predicted molar refractivity (Wildman–Crippen MR) is 121 cm³/mol. The normalized spacial score (nSPS) is 11.2. The number of halogens is 2. The van der Waals surface area contributed by atoms with Crippen LogP contribution in [0.4, 0.5) is 4.39 Å². The first-order valence-electron chi connectivity index (χ1n) is 9.51. The molecule has 3 heterocycles. The first-order valence-corrected chi connectivity index (χ1v) is 10.9. The third kappa shape index (κ3) is 4.00. The molecule has 0 fully saturated rings. The van der Waals surface area contributed by atoms with E-state index in [0.29, 0.717) is 44.2 Å². The van der Waals surface area contributed by atoms with Gasteiger partial charge in [0.2, 0.25) is 0 Å². The number of thioether (sulfide) groups is 1. The van der Waals surface area contributed by atoms with Crippen molar-refractivity contribution >= 4 is 34.3 Å². The molecule has 158 valence electrons. The average Bonchev–Trinajstić information content (AvgIpc) is 3.22. The molecule has 10 heteroatoms. The molecule has 0 bridgehead atoms. The van der Waals surface area contributed by atoms with E-state index in [2.05, 4.69) is 25.1 Å². The zero-order chi connectivity index (χ0) is 22.1. The highest BCUT2D eigenvalue weighted by Gasteiger charge is 2.17. The minimum Gasteiger partial charge on any atom is -0.309 e. The number of hydrogen-bond acceptors (Lipinski definition) is 6. The molecular formula is C22H14ClFN6OS. The number of nitrogens with zero attached hydrogens (tertiary/aromatic N) is 5. The molecular weight excluding hydrogens is 451 g/mol. The highest BCUT2D eigenvalue weighted by atomic mass is 35.5. The van der Waals surface area contributed by atoms with Gasteiger partial charge in [-0.3, -0.25) is 14.3 Å². The average molecular weight is 465 g/mol. The van der Waals surface area contributed by atoms with Gasteiger partial charge in [0.1, 0.15) is 11.6 Å². The molecule has 1 N–H and O–H groups in total. The first kappa shape index (κ1) is 20.3. The van der Waals surface area contributed by atoms with Crippen molar-refractivity contribution in [3.8, 4) is 17.1 Å². The number of hydrogen-bond donors (Lipinski definition) is 1. The number of H-pyrrole nitrogens is 1. The van der Waals surface area contributed by atoms with E-state index < -0.39 is 0 Å². The van der Waals surface area contributed by atoms with Crippen molar-refractivity contribution in [2.24, 2.45) is 0 Å². The van der Waals surface area contributed by atoms with Crippen LogP contribution < -0.4 is 5.56 Å². The third-order valence-corrected chi connectivity index (χ3v) is 5.89. The molecule has 0 saturated carbocycles. The van der Waals surface area contributed by atoms with Gasteiger partial charge < -0.3 is 4.98 Å². The van der Waals surface area contributed by atoms with Gasteiger partial charge in [0, 0.05) is 28.7 Å². The lowest BCUT2D eigenvalue weighted by Gasteiger charge is -2.10. The van der Waals surface area contributed by atoms with E-state index in [9.17, 15) is 9.18 Å². The van der Waals surface area contributed by atoms with Crippen LogP contribution in [0.3, 0.4) is 0 Å². The number of fused-ring (bicyclic) bond motifs is 1. The van der Waals surface area contributed by atoms with Gasteiger partial charge in [0.25, 0.3) is 5.56 Å². The molecule has 0 radical (unpaired) electrons. The second kappa shape index (κ2) is 8.52.